The van der Waals surface area contributed by atoms with E-state index in [2.05, 4.69) is 20.1 Å². The highest BCUT2D eigenvalue weighted by atomic mass is 35.5. The summed E-state index contributed by atoms with van der Waals surface area (Å²) in [5.74, 6) is -1.34. The number of H-pyrrole nitrogens is 1. The molecule has 2 amide bonds. The number of carbonyl (C=O) groups is 2. The molecule has 12 heteroatoms. The highest BCUT2D eigenvalue weighted by Crippen LogP contribution is 2.36. The largest absolute Gasteiger partial charge is 0.350 e. The Morgan fingerprint density at radius 1 is 1.27 bits per heavy atom. The number of halogens is 4. The molecule has 1 fully saturated rings. The van der Waals surface area contributed by atoms with Crippen LogP contribution in [0.5, 0.6) is 0 Å². The lowest BCUT2D eigenvalue weighted by Gasteiger charge is -2.28. The SMILES string of the molecule is O=C(NC1(COC(F)F)CC1)c1cnn2c1CN(C(=O)c1cc3cc(F)c(Cl)cc3[nH]1)CC2. The van der Waals surface area contributed by atoms with Crippen molar-refractivity contribution in [2.24, 2.45) is 0 Å². The van der Waals surface area contributed by atoms with Gasteiger partial charge >= 0.3 is 6.61 Å². The Morgan fingerprint density at radius 3 is 2.79 bits per heavy atom. The molecular weight excluding hydrogens is 463 g/mol. The quantitative estimate of drug-likeness (QED) is 0.565. The second-order valence-corrected chi connectivity index (χ2v) is 8.70. The van der Waals surface area contributed by atoms with E-state index in [0.717, 1.165) is 0 Å². The van der Waals surface area contributed by atoms with Crippen LogP contribution < -0.4 is 5.32 Å². The summed E-state index contributed by atoms with van der Waals surface area (Å²) in [4.78, 5) is 30.4. The summed E-state index contributed by atoms with van der Waals surface area (Å²) in [6, 6.07) is 4.22. The number of fused-ring (bicyclic) bond motifs is 2. The molecule has 2 N–H and O–H groups in total. The van der Waals surface area contributed by atoms with Crippen LogP contribution in [0, 0.1) is 5.82 Å². The van der Waals surface area contributed by atoms with Gasteiger partial charge in [-0.05, 0) is 31.0 Å². The van der Waals surface area contributed by atoms with Gasteiger partial charge in [-0.25, -0.2) is 4.39 Å². The van der Waals surface area contributed by atoms with Gasteiger partial charge in [-0.2, -0.15) is 13.9 Å². The number of carbonyl (C=O) groups excluding carboxylic acids is 2. The lowest BCUT2D eigenvalue weighted by atomic mass is 10.1. The van der Waals surface area contributed by atoms with Crippen LogP contribution in [0.3, 0.4) is 0 Å². The lowest BCUT2D eigenvalue weighted by Crippen LogP contribution is -2.42. The first-order chi connectivity index (χ1) is 15.7. The summed E-state index contributed by atoms with van der Waals surface area (Å²) in [7, 11) is 0. The number of alkyl halides is 2. The van der Waals surface area contributed by atoms with Crippen LogP contribution in [-0.2, 0) is 17.8 Å². The van der Waals surface area contributed by atoms with E-state index >= 15 is 0 Å². The fourth-order valence-electron chi connectivity index (χ4n) is 4.01. The van der Waals surface area contributed by atoms with E-state index in [4.69, 9.17) is 11.6 Å². The van der Waals surface area contributed by atoms with Gasteiger partial charge in [0.1, 0.15) is 11.5 Å². The molecule has 0 saturated heterocycles. The van der Waals surface area contributed by atoms with Gasteiger partial charge in [0, 0.05) is 17.4 Å². The van der Waals surface area contributed by atoms with E-state index in [1.54, 1.807) is 15.6 Å². The summed E-state index contributed by atoms with van der Waals surface area (Å²) < 4.78 is 44.5. The molecule has 1 aliphatic carbocycles. The van der Waals surface area contributed by atoms with Gasteiger partial charge in [0.15, 0.2) is 0 Å². The second kappa shape index (κ2) is 8.07. The molecule has 2 aromatic heterocycles. The maximum absolute atomic E-state index is 13.7. The van der Waals surface area contributed by atoms with Crippen molar-refractivity contribution in [2.45, 2.75) is 38.1 Å². The first-order valence-corrected chi connectivity index (χ1v) is 10.7. The number of nitrogens with one attached hydrogen (secondary N) is 2. The third kappa shape index (κ3) is 4.18. The average Bonchev–Trinajstić information content (AvgIpc) is 3.22. The Hall–Kier alpha value is -3.05. The van der Waals surface area contributed by atoms with Gasteiger partial charge in [0.2, 0.25) is 0 Å². The topological polar surface area (TPSA) is 92.2 Å². The number of rotatable bonds is 6. The van der Waals surface area contributed by atoms with Gasteiger partial charge < -0.3 is 19.9 Å². The average molecular weight is 482 g/mol. The van der Waals surface area contributed by atoms with Gasteiger partial charge in [0.05, 0.1) is 47.7 Å². The maximum Gasteiger partial charge on any atom is 0.345 e. The summed E-state index contributed by atoms with van der Waals surface area (Å²) in [5.41, 5.74) is 0.830. The normalized spacial score (nSPS) is 16.8. The molecule has 2 aliphatic rings. The Labute approximate surface area is 190 Å². The molecule has 5 rings (SSSR count). The van der Waals surface area contributed by atoms with Crippen LogP contribution in [0.2, 0.25) is 5.02 Å². The first-order valence-electron chi connectivity index (χ1n) is 10.3. The highest BCUT2D eigenvalue weighted by molar-refractivity contribution is 6.31. The highest BCUT2D eigenvalue weighted by Gasteiger charge is 2.45. The van der Waals surface area contributed by atoms with E-state index in [0.29, 0.717) is 42.5 Å². The third-order valence-corrected chi connectivity index (χ3v) is 6.30. The second-order valence-electron chi connectivity index (χ2n) is 8.30. The van der Waals surface area contributed by atoms with Gasteiger partial charge in [-0.1, -0.05) is 11.6 Å². The molecule has 0 radical (unpaired) electrons. The summed E-state index contributed by atoms with van der Waals surface area (Å²) in [5, 5.41) is 7.47. The monoisotopic (exact) mass is 481 g/mol. The molecule has 0 unspecified atom stereocenters. The predicted molar refractivity (Wildman–Crippen MR) is 112 cm³/mol. The number of amides is 2. The molecule has 3 aromatic rings. The van der Waals surface area contributed by atoms with Gasteiger partial charge in [-0.3, -0.25) is 14.3 Å². The molecule has 0 atom stereocenters. The standard InChI is InChI=1S/C21H19ClF3N5O3/c22-13-7-15-11(5-14(13)23)6-16(27-15)19(32)29-3-4-30-17(9-29)12(8-26-30)18(31)28-21(1-2-21)10-33-20(24)25/h5-8,20,27H,1-4,9-10H2,(H,28,31). The Balaban J connectivity index is 1.32. The van der Waals surface area contributed by atoms with Crippen molar-refractivity contribution in [1.82, 2.24) is 25.0 Å². The van der Waals surface area contributed by atoms with Crippen LogP contribution in [0.25, 0.3) is 10.9 Å². The molecule has 1 aromatic carbocycles. The van der Waals surface area contributed by atoms with Crippen molar-refractivity contribution in [1.29, 1.82) is 0 Å². The number of aromatic nitrogens is 3. The zero-order valence-electron chi connectivity index (χ0n) is 17.2. The summed E-state index contributed by atoms with van der Waals surface area (Å²) in [6.07, 6.45) is 2.51. The van der Waals surface area contributed by atoms with Gasteiger partial charge in [0.25, 0.3) is 11.8 Å². The Kier molecular flexibility index (Phi) is 5.32. The Morgan fingerprint density at radius 2 is 2.06 bits per heavy atom. The number of ether oxygens (including phenoxy) is 1. The van der Waals surface area contributed by atoms with E-state index in [9.17, 15) is 22.8 Å². The van der Waals surface area contributed by atoms with E-state index in [1.807, 2.05) is 0 Å². The molecule has 3 heterocycles. The molecule has 33 heavy (non-hydrogen) atoms. The molecule has 0 bridgehead atoms. The minimum absolute atomic E-state index is 0.0479. The first kappa shape index (κ1) is 21.8. The molecule has 1 aliphatic heterocycles. The van der Waals surface area contributed by atoms with Crippen LogP contribution in [0.1, 0.15) is 39.4 Å². The molecule has 174 valence electrons. The molecule has 8 nitrogen and oxygen atoms in total. The number of hydrogen-bond donors (Lipinski definition) is 2. The lowest BCUT2D eigenvalue weighted by molar-refractivity contribution is -0.135. The molecular formula is C21H19ClF3N5O3. The van der Waals surface area contributed by atoms with E-state index in [1.165, 1.54) is 18.3 Å². The number of aromatic amines is 1. The number of hydrogen-bond acceptors (Lipinski definition) is 4. The van der Waals surface area contributed by atoms with Crippen molar-refractivity contribution in [3.63, 3.8) is 0 Å². The van der Waals surface area contributed by atoms with E-state index < -0.39 is 23.9 Å². The predicted octanol–water partition coefficient (Wildman–Crippen LogP) is 3.31. The minimum Gasteiger partial charge on any atom is -0.350 e. The number of nitrogens with zero attached hydrogens (tertiary/aromatic N) is 3. The van der Waals surface area contributed by atoms with Crippen molar-refractivity contribution < 1.29 is 27.5 Å². The zero-order chi connectivity index (χ0) is 23.3. The van der Waals surface area contributed by atoms with Crippen LogP contribution in [-0.4, -0.2) is 56.8 Å². The molecule has 0 spiro atoms. The van der Waals surface area contributed by atoms with E-state index in [-0.39, 0.29) is 35.3 Å². The Bertz CT molecular complexity index is 1210. The smallest absolute Gasteiger partial charge is 0.345 e. The fourth-order valence-corrected chi connectivity index (χ4v) is 4.17. The maximum atomic E-state index is 13.7. The van der Waals surface area contributed by atoms with Crippen molar-refractivity contribution in [3.05, 3.63) is 52.2 Å². The van der Waals surface area contributed by atoms with Crippen molar-refractivity contribution >= 4 is 34.3 Å². The third-order valence-electron chi connectivity index (χ3n) is 6.01. The van der Waals surface area contributed by atoms with Crippen LogP contribution in [0.4, 0.5) is 13.2 Å². The van der Waals surface area contributed by atoms with Gasteiger partial charge in [-0.15, -0.1) is 0 Å². The fraction of sp³-hybridized carbons (Fsp3) is 0.381. The van der Waals surface area contributed by atoms with Crippen LogP contribution >= 0.6 is 11.6 Å². The zero-order valence-corrected chi connectivity index (χ0v) is 18.0. The summed E-state index contributed by atoms with van der Waals surface area (Å²) >= 11 is 5.82. The molecule has 1 saturated carbocycles. The minimum atomic E-state index is -2.90. The summed E-state index contributed by atoms with van der Waals surface area (Å²) in [6.45, 7) is -2.29. The van der Waals surface area contributed by atoms with Crippen molar-refractivity contribution in [2.75, 3.05) is 13.2 Å². The van der Waals surface area contributed by atoms with Crippen molar-refractivity contribution in [3.8, 4) is 0 Å². The number of benzene rings is 1. The van der Waals surface area contributed by atoms with Crippen LogP contribution in [0.15, 0.2) is 24.4 Å².